The van der Waals surface area contributed by atoms with Gasteiger partial charge in [-0.3, -0.25) is 9.13 Å². The normalized spacial score (nSPS) is 14.0. The highest BCUT2D eigenvalue weighted by Crippen LogP contribution is 2.97. The van der Waals surface area contributed by atoms with Gasteiger partial charge in [-0.25, -0.2) is 0 Å². The van der Waals surface area contributed by atoms with E-state index in [1.54, 1.807) is 0 Å². The molecule has 2 nitrogen and oxygen atoms in total. The van der Waals surface area contributed by atoms with E-state index in [1.807, 2.05) is 0 Å². The number of hydrogen-bond donors (Lipinski definition) is 0. The molecule has 0 bridgehead atoms. The second-order valence-electron chi connectivity index (χ2n) is 0.869. The zero-order valence-corrected chi connectivity index (χ0v) is 11.4. The molecule has 0 aliphatic carbocycles. The zero-order chi connectivity index (χ0) is 7.00. The Balaban J connectivity index is 4.53. The van der Waals surface area contributed by atoms with Gasteiger partial charge >= 0.3 is 0 Å². The summed E-state index contributed by atoms with van der Waals surface area (Å²) in [5, 5.41) is 0. The standard InChI is InChI=1S/Br4O2P2/c1-7(2,5)8(3,4)6. The van der Waals surface area contributed by atoms with Crippen LogP contribution < -0.4 is 0 Å². The molecule has 0 fully saturated rings. The van der Waals surface area contributed by atoms with Crippen LogP contribution in [0.2, 0.25) is 0 Å². The maximum absolute atomic E-state index is 10.7. The van der Waals surface area contributed by atoms with Crippen molar-refractivity contribution in [3.05, 3.63) is 0 Å². The van der Waals surface area contributed by atoms with E-state index in [-0.39, 0.29) is 0 Å². The molecular weight excluding hydrogens is 414 g/mol. The summed E-state index contributed by atoms with van der Waals surface area (Å²) in [7, 11) is 0. The lowest BCUT2D eigenvalue weighted by Crippen LogP contribution is -1.41. The molecule has 0 aromatic rings. The molecule has 0 aliphatic heterocycles. The van der Waals surface area contributed by atoms with Crippen LogP contribution >= 0.6 is 70.4 Å². The van der Waals surface area contributed by atoms with Crippen molar-refractivity contribution in [2.75, 3.05) is 0 Å². The second-order valence-corrected chi connectivity index (χ2v) is 30.3. The van der Waals surface area contributed by atoms with Gasteiger partial charge in [0.25, 0.3) is 8.47 Å². The van der Waals surface area contributed by atoms with Crippen LogP contribution in [0.15, 0.2) is 0 Å². The summed E-state index contributed by atoms with van der Waals surface area (Å²) in [6, 6.07) is 0. The molecule has 0 heterocycles. The molecule has 50 valence electrons. The average molecular weight is 414 g/mol. The summed E-state index contributed by atoms with van der Waals surface area (Å²) < 4.78 is 15.8. The lowest BCUT2D eigenvalue weighted by Gasteiger charge is -2.00. The summed E-state index contributed by atoms with van der Waals surface area (Å²) in [6.07, 6.45) is 0. The summed E-state index contributed by atoms with van der Waals surface area (Å²) in [4.78, 5) is 0. The molecule has 0 atom stereocenters. The Labute approximate surface area is 78.8 Å². The molecule has 0 rings (SSSR count). The molecule has 0 amide bonds. The Morgan fingerprint density at radius 2 is 0.875 bits per heavy atom. The average Bonchev–Trinajstić information content (AvgIpc) is 1.25. The number of halogens is 4. The van der Waals surface area contributed by atoms with E-state index >= 15 is 0 Å². The SMILES string of the molecule is O=P(Br)(Br)P(=O)(Br)Br. The molecule has 0 unspecified atom stereocenters. The lowest BCUT2D eigenvalue weighted by atomic mass is 16.0. The summed E-state index contributed by atoms with van der Waals surface area (Å²) >= 11 is 10.9. The van der Waals surface area contributed by atoms with Crippen LogP contribution in [-0.2, 0) is 9.13 Å². The van der Waals surface area contributed by atoms with Gasteiger partial charge in [-0.1, -0.05) is 0 Å². The van der Waals surface area contributed by atoms with Crippen molar-refractivity contribution in [2.24, 2.45) is 0 Å². The highest BCUT2D eigenvalue weighted by atomic mass is 79.9. The van der Waals surface area contributed by atoms with Gasteiger partial charge in [-0.2, -0.15) is 0 Å². The van der Waals surface area contributed by atoms with Gasteiger partial charge in [-0.05, 0) is 0 Å². The lowest BCUT2D eigenvalue weighted by molar-refractivity contribution is 0.588. The molecule has 0 aliphatic rings. The summed E-state index contributed by atoms with van der Waals surface area (Å²) in [5.74, 6) is 0. The van der Waals surface area contributed by atoms with Crippen LogP contribution in [0, 0.1) is 0 Å². The maximum atomic E-state index is 10.7. The van der Waals surface area contributed by atoms with E-state index in [9.17, 15) is 9.13 Å². The first-order valence-corrected chi connectivity index (χ1v) is 13.4. The Hall–Kier alpha value is 2.38. The number of rotatable bonds is 1. The minimum Gasteiger partial charge on any atom is -0.290 e. The Morgan fingerprint density at radius 1 is 0.750 bits per heavy atom. The third kappa shape index (κ3) is 3.52. The first-order chi connectivity index (χ1) is 3.25. The Bertz CT molecular complexity index is 141. The van der Waals surface area contributed by atoms with E-state index in [2.05, 4.69) is 62.0 Å². The van der Waals surface area contributed by atoms with Gasteiger partial charge in [0.2, 0.25) is 0 Å². The van der Waals surface area contributed by atoms with E-state index in [1.165, 1.54) is 0 Å². The molecule has 8 heteroatoms. The van der Waals surface area contributed by atoms with Crippen LogP contribution in [-0.4, -0.2) is 0 Å². The fourth-order valence-electron chi connectivity index (χ4n) is 0. The van der Waals surface area contributed by atoms with E-state index in [0.717, 1.165) is 0 Å². The largest absolute Gasteiger partial charge is 0.290 e. The van der Waals surface area contributed by atoms with Gasteiger partial charge in [0.1, 0.15) is 0 Å². The highest BCUT2D eigenvalue weighted by molar-refractivity contribution is 9.95. The van der Waals surface area contributed by atoms with Crippen LogP contribution in [0.5, 0.6) is 0 Å². The van der Waals surface area contributed by atoms with Crippen LogP contribution in [0.3, 0.4) is 0 Å². The Kier molecular flexibility index (Phi) is 4.13. The molecule has 0 saturated heterocycles. The van der Waals surface area contributed by atoms with Gasteiger partial charge in [-0.15, -0.1) is 0 Å². The first kappa shape index (κ1) is 10.4. The Morgan fingerprint density at radius 3 is 0.875 bits per heavy atom. The van der Waals surface area contributed by atoms with Crippen LogP contribution in [0.4, 0.5) is 0 Å². The van der Waals surface area contributed by atoms with Gasteiger partial charge in [0, 0.05) is 62.0 Å². The third-order valence-corrected chi connectivity index (χ3v) is 33.8. The minimum absolute atomic E-state index is 2.71. The topological polar surface area (TPSA) is 34.1 Å². The second kappa shape index (κ2) is 3.19. The van der Waals surface area contributed by atoms with Crippen LogP contribution in [0.25, 0.3) is 0 Å². The predicted octanol–water partition coefficient (Wildman–Crippen LogP) is 4.87. The fourth-order valence-corrected chi connectivity index (χ4v) is 0. The van der Waals surface area contributed by atoms with E-state index in [0.29, 0.717) is 0 Å². The fraction of sp³-hybridized carbons (Fsp3) is 0. The quantitative estimate of drug-likeness (QED) is 0.575. The molecule has 0 N–H and O–H groups in total. The summed E-state index contributed by atoms with van der Waals surface area (Å²) in [5.41, 5.74) is 0. The molecule has 0 aromatic carbocycles. The molecule has 0 radical (unpaired) electrons. The van der Waals surface area contributed by atoms with Crippen molar-refractivity contribution in [1.82, 2.24) is 0 Å². The molecule has 0 spiro atoms. The van der Waals surface area contributed by atoms with Gasteiger partial charge in [0.05, 0.1) is 0 Å². The molecule has 0 saturated carbocycles. The highest BCUT2D eigenvalue weighted by Gasteiger charge is 2.33. The van der Waals surface area contributed by atoms with Crippen molar-refractivity contribution in [3.63, 3.8) is 0 Å². The molecular formula is Br4O2P2. The smallest absolute Gasteiger partial charge is 0.282 e. The maximum Gasteiger partial charge on any atom is 0.282 e. The van der Waals surface area contributed by atoms with Crippen molar-refractivity contribution < 1.29 is 9.13 Å². The van der Waals surface area contributed by atoms with Gasteiger partial charge < -0.3 is 0 Å². The van der Waals surface area contributed by atoms with E-state index in [4.69, 9.17) is 0 Å². The first-order valence-electron chi connectivity index (χ1n) is 1.24. The van der Waals surface area contributed by atoms with Crippen molar-refractivity contribution >= 4 is 70.4 Å². The number of hydrogen-bond acceptors (Lipinski definition) is 2. The molecule has 8 heavy (non-hydrogen) atoms. The van der Waals surface area contributed by atoms with Crippen molar-refractivity contribution in [1.29, 1.82) is 0 Å². The monoisotopic (exact) mass is 410 g/mol. The van der Waals surface area contributed by atoms with Crippen molar-refractivity contribution in [3.8, 4) is 0 Å². The van der Waals surface area contributed by atoms with E-state index < -0.39 is 8.47 Å². The predicted molar refractivity (Wildman–Crippen MR) is 50.9 cm³/mol. The molecule has 0 aromatic heterocycles. The third-order valence-electron chi connectivity index (χ3n) is 0.271. The van der Waals surface area contributed by atoms with Gasteiger partial charge in [0.15, 0.2) is 0 Å². The zero-order valence-electron chi connectivity index (χ0n) is 3.22. The minimum atomic E-state index is -2.84. The summed E-state index contributed by atoms with van der Waals surface area (Å²) in [6.45, 7) is 0. The van der Waals surface area contributed by atoms with Crippen LogP contribution in [0.1, 0.15) is 0 Å². The van der Waals surface area contributed by atoms with Crippen molar-refractivity contribution in [2.45, 2.75) is 0 Å².